The summed E-state index contributed by atoms with van der Waals surface area (Å²) < 4.78 is 5.60. The summed E-state index contributed by atoms with van der Waals surface area (Å²) in [5.74, 6) is 1.67. The van der Waals surface area contributed by atoms with Crippen LogP contribution in [0.2, 0.25) is 0 Å². The Balaban J connectivity index is 1.67. The van der Waals surface area contributed by atoms with Gasteiger partial charge in [0.15, 0.2) is 11.6 Å². The lowest BCUT2D eigenvalue weighted by molar-refractivity contribution is -0.0758. The van der Waals surface area contributed by atoms with Crippen LogP contribution in [0.25, 0.3) is 0 Å². The third-order valence-electron chi connectivity index (χ3n) is 6.46. The summed E-state index contributed by atoms with van der Waals surface area (Å²) in [5.41, 5.74) is 1.11. The number of likely N-dealkylation sites (N-methyl/N-ethyl adjacent to an activating group) is 1. The molecule has 156 valence electrons. The number of methoxy groups -OCH3 is 1. The molecule has 1 aromatic carbocycles. The molecule has 0 aliphatic carbocycles. The first kappa shape index (κ1) is 20.1. The number of hydrogen-bond donors (Lipinski definition) is 1. The molecular formula is C23H32N4O2. The average molecular weight is 397 g/mol. The Hall–Kier alpha value is -2.15. The molecule has 4 rings (SSSR count). The Kier molecular flexibility index (Phi) is 5.76. The maximum Gasteiger partial charge on any atom is 0.171 e. The van der Waals surface area contributed by atoms with Crippen LogP contribution >= 0.6 is 0 Å². The van der Waals surface area contributed by atoms with Crippen LogP contribution in [0.4, 0.5) is 5.82 Å². The van der Waals surface area contributed by atoms with Crippen molar-refractivity contribution in [2.24, 2.45) is 0 Å². The molecule has 2 fully saturated rings. The van der Waals surface area contributed by atoms with E-state index >= 15 is 0 Å². The van der Waals surface area contributed by atoms with E-state index < -0.39 is 5.60 Å². The number of piperazine rings is 1. The highest BCUT2D eigenvalue weighted by Gasteiger charge is 2.46. The zero-order valence-electron chi connectivity index (χ0n) is 17.7. The summed E-state index contributed by atoms with van der Waals surface area (Å²) in [6, 6.07) is 14.1. The number of anilines is 1. The van der Waals surface area contributed by atoms with Gasteiger partial charge in [-0.1, -0.05) is 30.3 Å². The summed E-state index contributed by atoms with van der Waals surface area (Å²) >= 11 is 0. The van der Waals surface area contributed by atoms with E-state index in [0.717, 1.165) is 62.1 Å². The van der Waals surface area contributed by atoms with E-state index in [2.05, 4.69) is 33.9 Å². The van der Waals surface area contributed by atoms with Crippen LogP contribution in [0.3, 0.4) is 0 Å². The lowest BCUT2D eigenvalue weighted by Crippen LogP contribution is -2.64. The number of piperidine rings is 1. The minimum Gasteiger partial charge on any atom is -0.493 e. The molecule has 0 saturated carbocycles. The molecule has 0 radical (unpaired) electrons. The van der Waals surface area contributed by atoms with Gasteiger partial charge in [0.25, 0.3) is 0 Å². The Morgan fingerprint density at radius 1 is 1.03 bits per heavy atom. The first-order valence-corrected chi connectivity index (χ1v) is 10.5. The van der Waals surface area contributed by atoms with Crippen molar-refractivity contribution in [1.82, 2.24) is 14.8 Å². The average Bonchev–Trinajstić information content (AvgIpc) is 2.75. The number of aliphatic hydroxyl groups is 1. The fourth-order valence-corrected chi connectivity index (χ4v) is 4.65. The van der Waals surface area contributed by atoms with Crippen molar-refractivity contribution in [3.8, 4) is 5.75 Å². The molecule has 2 aromatic rings. The van der Waals surface area contributed by atoms with Crippen LogP contribution in [-0.2, 0) is 5.60 Å². The summed E-state index contributed by atoms with van der Waals surface area (Å²) in [5, 5.41) is 11.9. The highest BCUT2D eigenvalue weighted by atomic mass is 16.5. The highest BCUT2D eigenvalue weighted by Crippen LogP contribution is 2.39. The van der Waals surface area contributed by atoms with E-state index in [-0.39, 0.29) is 6.04 Å². The molecule has 2 saturated heterocycles. The Morgan fingerprint density at radius 2 is 1.76 bits per heavy atom. The van der Waals surface area contributed by atoms with Crippen molar-refractivity contribution in [1.29, 1.82) is 0 Å². The van der Waals surface area contributed by atoms with E-state index in [1.54, 1.807) is 7.11 Å². The van der Waals surface area contributed by atoms with E-state index in [0.29, 0.717) is 6.42 Å². The number of aryl methyl sites for hydroxylation is 1. The molecule has 2 aliphatic heterocycles. The quantitative estimate of drug-likeness (QED) is 0.854. The Morgan fingerprint density at radius 3 is 2.45 bits per heavy atom. The third kappa shape index (κ3) is 3.97. The maximum absolute atomic E-state index is 11.9. The molecule has 1 aromatic heterocycles. The number of nitrogens with zero attached hydrogens (tertiary/aromatic N) is 4. The zero-order valence-corrected chi connectivity index (χ0v) is 17.7. The van der Waals surface area contributed by atoms with Gasteiger partial charge < -0.3 is 19.6 Å². The van der Waals surface area contributed by atoms with E-state index in [1.165, 1.54) is 0 Å². The number of rotatable bonds is 4. The normalized spacial score (nSPS) is 26.5. The van der Waals surface area contributed by atoms with Crippen molar-refractivity contribution in [2.75, 3.05) is 58.3 Å². The SMILES string of the molecule is COc1ccc(C)nc1N1CC[C@](O)(c2ccccc2)[C@H](N2CCN(C)CC2)C1. The molecule has 1 N–H and O–H groups in total. The minimum absolute atomic E-state index is 0.000585. The van der Waals surface area contributed by atoms with Crippen LogP contribution in [0.15, 0.2) is 42.5 Å². The van der Waals surface area contributed by atoms with Gasteiger partial charge in [-0.3, -0.25) is 4.90 Å². The molecule has 0 unspecified atom stereocenters. The number of ether oxygens (including phenoxy) is 1. The van der Waals surface area contributed by atoms with E-state index in [1.807, 2.05) is 37.3 Å². The van der Waals surface area contributed by atoms with Crippen LogP contribution < -0.4 is 9.64 Å². The monoisotopic (exact) mass is 396 g/mol. The van der Waals surface area contributed by atoms with Crippen molar-refractivity contribution >= 4 is 5.82 Å². The van der Waals surface area contributed by atoms with Gasteiger partial charge in [0.1, 0.15) is 5.60 Å². The molecule has 2 atom stereocenters. The highest BCUT2D eigenvalue weighted by molar-refractivity contribution is 5.54. The number of benzene rings is 1. The van der Waals surface area contributed by atoms with Gasteiger partial charge in [0.05, 0.1) is 13.2 Å². The van der Waals surface area contributed by atoms with Gasteiger partial charge in [-0.2, -0.15) is 0 Å². The first-order valence-electron chi connectivity index (χ1n) is 10.5. The number of hydrogen-bond acceptors (Lipinski definition) is 6. The third-order valence-corrected chi connectivity index (χ3v) is 6.46. The maximum atomic E-state index is 11.9. The van der Waals surface area contributed by atoms with Crippen molar-refractivity contribution < 1.29 is 9.84 Å². The molecule has 2 aliphatic rings. The van der Waals surface area contributed by atoms with Gasteiger partial charge in [0.2, 0.25) is 0 Å². The van der Waals surface area contributed by atoms with E-state index in [9.17, 15) is 5.11 Å². The fraction of sp³-hybridized carbons (Fsp3) is 0.522. The molecule has 0 amide bonds. The molecule has 3 heterocycles. The standard InChI is InChI=1S/C23H32N4O2/c1-18-9-10-20(29-3)22(24-18)27-12-11-23(28,19-7-5-4-6-8-19)21(17-27)26-15-13-25(2)14-16-26/h4-10,21,28H,11-17H2,1-3H3/t21-,23+/m1/s1. The molecular weight excluding hydrogens is 364 g/mol. The number of aromatic nitrogens is 1. The van der Waals surface area contributed by atoms with Gasteiger partial charge in [-0.05, 0) is 38.1 Å². The predicted molar refractivity (Wildman–Crippen MR) is 116 cm³/mol. The molecule has 0 spiro atoms. The zero-order chi connectivity index (χ0) is 20.4. The van der Waals surface area contributed by atoms with Crippen LogP contribution in [0.5, 0.6) is 5.75 Å². The lowest BCUT2D eigenvalue weighted by atomic mass is 9.79. The van der Waals surface area contributed by atoms with Crippen LogP contribution in [-0.4, -0.2) is 79.4 Å². The van der Waals surface area contributed by atoms with Crippen LogP contribution in [0, 0.1) is 6.92 Å². The predicted octanol–water partition coefficient (Wildman–Crippen LogP) is 2.11. The fourth-order valence-electron chi connectivity index (χ4n) is 4.65. The van der Waals surface area contributed by atoms with Gasteiger partial charge >= 0.3 is 0 Å². The summed E-state index contributed by atoms with van der Waals surface area (Å²) in [6.07, 6.45) is 0.660. The van der Waals surface area contributed by atoms with Crippen molar-refractivity contribution in [3.63, 3.8) is 0 Å². The van der Waals surface area contributed by atoms with Gasteiger partial charge in [0, 0.05) is 45.0 Å². The topological polar surface area (TPSA) is 52.1 Å². The number of pyridine rings is 1. The van der Waals surface area contributed by atoms with Gasteiger partial charge in [-0.25, -0.2) is 4.98 Å². The minimum atomic E-state index is -0.870. The first-order chi connectivity index (χ1) is 14.0. The van der Waals surface area contributed by atoms with Crippen molar-refractivity contribution in [3.05, 3.63) is 53.7 Å². The Bertz CT molecular complexity index is 823. The smallest absolute Gasteiger partial charge is 0.171 e. The molecule has 0 bridgehead atoms. The van der Waals surface area contributed by atoms with Crippen LogP contribution in [0.1, 0.15) is 17.7 Å². The molecule has 6 nitrogen and oxygen atoms in total. The second-order valence-corrected chi connectivity index (χ2v) is 8.32. The summed E-state index contributed by atoms with van der Waals surface area (Å²) in [7, 11) is 3.85. The van der Waals surface area contributed by atoms with E-state index in [4.69, 9.17) is 9.72 Å². The second kappa shape index (κ2) is 8.30. The second-order valence-electron chi connectivity index (χ2n) is 8.32. The van der Waals surface area contributed by atoms with Crippen molar-refractivity contribution in [2.45, 2.75) is 25.0 Å². The molecule has 6 heteroatoms. The summed E-state index contributed by atoms with van der Waals surface area (Å²) in [6.45, 7) is 7.43. The van der Waals surface area contributed by atoms with Gasteiger partial charge in [-0.15, -0.1) is 0 Å². The largest absolute Gasteiger partial charge is 0.493 e. The molecule has 29 heavy (non-hydrogen) atoms. The summed E-state index contributed by atoms with van der Waals surface area (Å²) in [4.78, 5) is 11.9. The lowest BCUT2D eigenvalue weighted by Gasteiger charge is -2.51. The Labute approximate surface area is 173 Å².